The van der Waals surface area contributed by atoms with Crippen molar-refractivity contribution in [1.82, 2.24) is 15.0 Å². The predicted octanol–water partition coefficient (Wildman–Crippen LogP) is 2.55. The SMILES string of the molecule is CCn1nncc1C(=O)C1C2CC3CC(C2)CC1C3. The summed E-state index contributed by atoms with van der Waals surface area (Å²) in [5.74, 6) is 3.70. The number of Topliss-reactive ketones (excluding diaryl/α,β-unsaturated/α-hetero) is 1. The molecule has 0 unspecified atom stereocenters. The summed E-state index contributed by atoms with van der Waals surface area (Å²) in [7, 11) is 0. The number of hydrogen-bond acceptors (Lipinski definition) is 3. The summed E-state index contributed by atoms with van der Waals surface area (Å²) < 4.78 is 1.76. The summed E-state index contributed by atoms with van der Waals surface area (Å²) in [5.41, 5.74) is 0.736. The van der Waals surface area contributed by atoms with E-state index in [1.54, 1.807) is 10.9 Å². The number of rotatable bonds is 3. The van der Waals surface area contributed by atoms with Crippen LogP contribution in [-0.2, 0) is 6.54 Å². The summed E-state index contributed by atoms with van der Waals surface area (Å²) >= 11 is 0. The molecule has 1 aromatic heterocycles. The maximum atomic E-state index is 12.9. The third-order valence-corrected chi connectivity index (χ3v) is 5.70. The summed E-state index contributed by atoms with van der Waals surface area (Å²) in [6, 6.07) is 0. The number of aromatic nitrogens is 3. The van der Waals surface area contributed by atoms with Gasteiger partial charge in [-0.1, -0.05) is 5.21 Å². The Morgan fingerprint density at radius 1 is 1.21 bits per heavy atom. The second-order valence-corrected chi connectivity index (χ2v) is 6.76. The standard InChI is InChI=1S/C15H21N3O/c1-2-18-13(8-16-17-18)15(19)14-11-4-9-3-10(6-11)7-12(14)5-9/h8-12,14H,2-7H2,1H3. The van der Waals surface area contributed by atoms with Crippen LogP contribution in [0, 0.1) is 29.6 Å². The zero-order valence-corrected chi connectivity index (χ0v) is 11.5. The monoisotopic (exact) mass is 259 g/mol. The summed E-state index contributed by atoms with van der Waals surface area (Å²) in [4.78, 5) is 12.9. The van der Waals surface area contributed by atoms with Crippen molar-refractivity contribution in [3.05, 3.63) is 11.9 Å². The van der Waals surface area contributed by atoms with Crippen molar-refractivity contribution in [2.45, 2.75) is 45.6 Å². The maximum Gasteiger partial charge on any atom is 0.186 e. The summed E-state index contributed by atoms with van der Waals surface area (Å²) in [6.45, 7) is 2.75. The Morgan fingerprint density at radius 2 is 1.84 bits per heavy atom. The second-order valence-electron chi connectivity index (χ2n) is 6.76. The second kappa shape index (κ2) is 4.15. The molecule has 0 radical (unpaired) electrons. The van der Waals surface area contributed by atoms with E-state index in [1.807, 2.05) is 6.92 Å². The molecule has 0 saturated heterocycles. The molecule has 4 nitrogen and oxygen atoms in total. The number of ketones is 1. The average molecular weight is 259 g/mol. The number of carbonyl (C=O) groups excluding carboxylic acids is 1. The number of carbonyl (C=O) groups is 1. The third kappa shape index (κ3) is 1.68. The average Bonchev–Trinajstić information content (AvgIpc) is 2.85. The Kier molecular flexibility index (Phi) is 2.54. The quantitative estimate of drug-likeness (QED) is 0.784. The molecule has 19 heavy (non-hydrogen) atoms. The van der Waals surface area contributed by atoms with Crippen molar-refractivity contribution in [3.8, 4) is 0 Å². The molecule has 0 N–H and O–H groups in total. The van der Waals surface area contributed by atoms with Gasteiger partial charge >= 0.3 is 0 Å². The number of hydrogen-bond donors (Lipinski definition) is 0. The van der Waals surface area contributed by atoms with Crippen LogP contribution in [0.1, 0.15) is 49.5 Å². The largest absolute Gasteiger partial charge is 0.292 e. The number of nitrogens with zero attached hydrogens (tertiary/aromatic N) is 3. The predicted molar refractivity (Wildman–Crippen MR) is 70.6 cm³/mol. The van der Waals surface area contributed by atoms with E-state index in [2.05, 4.69) is 10.3 Å². The zero-order chi connectivity index (χ0) is 13.0. The van der Waals surface area contributed by atoms with E-state index in [9.17, 15) is 4.79 Å². The molecule has 4 heteroatoms. The highest BCUT2D eigenvalue weighted by Gasteiger charge is 2.51. The minimum Gasteiger partial charge on any atom is -0.292 e. The number of aryl methyl sites for hydroxylation is 1. The summed E-state index contributed by atoms with van der Waals surface area (Å²) in [5, 5.41) is 7.93. The summed E-state index contributed by atoms with van der Waals surface area (Å²) in [6.07, 6.45) is 8.25. The Bertz CT molecular complexity index is 479. The third-order valence-electron chi connectivity index (χ3n) is 5.70. The molecular weight excluding hydrogens is 238 g/mol. The van der Waals surface area contributed by atoms with Crippen molar-refractivity contribution >= 4 is 5.78 Å². The van der Waals surface area contributed by atoms with E-state index in [1.165, 1.54) is 32.1 Å². The van der Waals surface area contributed by atoms with Gasteiger partial charge in [0.15, 0.2) is 5.78 Å². The lowest BCUT2D eigenvalue weighted by Gasteiger charge is -2.53. The lowest BCUT2D eigenvalue weighted by atomic mass is 9.51. The van der Waals surface area contributed by atoms with Crippen LogP contribution in [0.4, 0.5) is 0 Å². The molecule has 4 fully saturated rings. The van der Waals surface area contributed by atoms with Crippen molar-refractivity contribution in [3.63, 3.8) is 0 Å². The van der Waals surface area contributed by atoms with Crippen molar-refractivity contribution < 1.29 is 4.79 Å². The van der Waals surface area contributed by atoms with Crippen LogP contribution in [-0.4, -0.2) is 20.8 Å². The van der Waals surface area contributed by atoms with Crippen molar-refractivity contribution in [2.75, 3.05) is 0 Å². The van der Waals surface area contributed by atoms with Crippen molar-refractivity contribution in [2.24, 2.45) is 29.6 Å². The highest BCUT2D eigenvalue weighted by atomic mass is 16.1. The van der Waals surface area contributed by atoms with Gasteiger partial charge in [-0.05, 0) is 62.7 Å². The lowest BCUT2D eigenvalue weighted by molar-refractivity contribution is -0.0255. The molecule has 4 bridgehead atoms. The fourth-order valence-corrected chi connectivity index (χ4v) is 5.21. The molecule has 5 rings (SSSR count). The van der Waals surface area contributed by atoms with Crippen LogP contribution in [0.3, 0.4) is 0 Å². The Balaban J connectivity index is 1.64. The van der Waals surface area contributed by atoms with Gasteiger partial charge in [0.25, 0.3) is 0 Å². The molecule has 4 aliphatic carbocycles. The van der Waals surface area contributed by atoms with Gasteiger partial charge in [-0.25, -0.2) is 4.68 Å². The Labute approximate surface area is 113 Å². The first-order valence-corrected chi connectivity index (χ1v) is 7.69. The molecule has 4 aliphatic rings. The zero-order valence-electron chi connectivity index (χ0n) is 11.5. The van der Waals surface area contributed by atoms with E-state index >= 15 is 0 Å². The van der Waals surface area contributed by atoms with Crippen LogP contribution in [0.25, 0.3) is 0 Å². The van der Waals surface area contributed by atoms with Crippen LogP contribution in [0.5, 0.6) is 0 Å². The van der Waals surface area contributed by atoms with E-state index < -0.39 is 0 Å². The molecule has 0 spiro atoms. The minimum atomic E-state index is 0.261. The van der Waals surface area contributed by atoms with Crippen LogP contribution >= 0.6 is 0 Å². The van der Waals surface area contributed by atoms with Gasteiger partial charge in [-0.3, -0.25) is 4.79 Å². The molecule has 0 aromatic carbocycles. The van der Waals surface area contributed by atoms with Gasteiger partial charge in [-0.15, -0.1) is 5.10 Å². The first kappa shape index (κ1) is 11.6. The minimum absolute atomic E-state index is 0.261. The highest BCUT2D eigenvalue weighted by molar-refractivity contribution is 5.96. The Hall–Kier alpha value is -1.19. The molecule has 102 valence electrons. The van der Waals surface area contributed by atoms with Gasteiger partial charge in [0, 0.05) is 12.5 Å². The molecular formula is C15H21N3O. The highest BCUT2D eigenvalue weighted by Crippen LogP contribution is 2.57. The van der Waals surface area contributed by atoms with Crippen LogP contribution < -0.4 is 0 Å². The smallest absolute Gasteiger partial charge is 0.186 e. The Morgan fingerprint density at radius 3 is 2.42 bits per heavy atom. The first-order valence-electron chi connectivity index (χ1n) is 7.69. The van der Waals surface area contributed by atoms with Gasteiger partial charge in [0.1, 0.15) is 5.69 Å². The normalized spacial score (nSPS) is 39.7. The van der Waals surface area contributed by atoms with Crippen molar-refractivity contribution in [1.29, 1.82) is 0 Å². The van der Waals surface area contributed by atoms with Gasteiger partial charge in [0.05, 0.1) is 6.20 Å². The van der Waals surface area contributed by atoms with Gasteiger partial charge in [-0.2, -0.15) is 0 Å². The van der Waals surface area contributed by atoms with E-state index in [4.69, 9.17) is 0 Å². The fraction of sp³-hybridized carbons (Fsp3) is 0.800. The molecule has 4 saturated carbocycles. The first-order chi connectivity index (χ1) is 9.26. The van der Waals surface area contributed by atoms with Gasteiger partial charge in [0.2, 0.25) is 0 Å². The van der Waals surface area contributed by atoms with E-state index in [0.29, 0.717) is 17.6 Å². The fourth-order valence-electron chi connectivity index (χ4n) is 5.21. The van der Waals surface area contributed by atoms with Crippen LogP contribution in [0.2, 0.25) is 0 Å². The molecule has 0 atom stereocenters. The van der Waals surface area contributed by atoms with Gasteiger partial charge < -0.3 is 0 Å². The molecule has 0 aliphatic heterocycles. The molecule has 1 heterocycles. The maximum absolute atomic E-state index is 12.9. The van der Waals surface area contributed by atoms with E-state index in [0.717, 1.165) is 24.1 Å². The van der Waals surface area contributed by atoms with Crippen LogP contribution in [0.15, 0.2) is 6.20 Å². The lowest BCUT2D eigenvalue weighted by Crippen LogP contribution is -2.48. The molecule has 0 amide bonds. The molecule has 1 aromatic rings. The van der Waals surface area contributed by atoms with E-state index in [-0.39, 0.29) is 5.92 Å². The topological polar surface area (TPSA) is 47.8 Å².